The monoisotopic (exact) mass is 316 g/mol. The van der Waals surface area contributed by atoms with Crippen molar-refractivity contribution in [1.82, 2.24) is 5.32 Å². The van der Waals surface area contributed by atoms with Gasteiger partial charge in [0.15, 0.2) is 0 Å². The molecule has 6 heteroatoms. The van der Waals surface area contributed by atoms with Crippen LogP contribution in [0.2, 0.25) is 0 Å². The molecule has 122 valence electrons. The molecule has 1 aliphatic carbocycles. The zero-order chi connectivity index (χ0) is 16.8. The highest BCUT2D eigenvalue weighted by molar-refractivity contribution is 5.85. The molecule has 1 amide bonds. The van der Waals surface area contributed by atoms with E-state index in [1.165, 1.54) is 7.11 Å². The normalized spacial score (nSPS) is 21.7. The molecule has 6 nitrogen and oxygen atoms in total. The number of nitriles is 1. The van der Waals surface area contributed by atoms with Crippen molar-refractivity contribution in [1.29, 1.82) is 5.26 Å². The van der Waals surface area contributed by atoms with Crippen LogP contribution in [0.5, 0.6) is 5.75 Å². The third kappa shape index (κ3) is 3.81. The minimum Gasteiger partial charge on any atom is -0.496 e. The number of methoxy groups -OCH3 is 1. The van der Waals surface area contributed by atoms with E-state index in [9.17, 15) is 20.0 Å². The Morgan fingerprint density at radius 3 is 2.57 bits per heavy atom. The van der Waals surface area contributed by atoms with E-state index in [1.54, 1.807) is 24.3 Å². The number of benzene rings is 1. The molecule has 23 heavy (non-hydrogen) atoms. The number of nitrogens with zero attached hydrogens (tertiary/aromatic N) is 1. The molecule has 1 aliphatic rings. The smallest absolute Gasteiger partial charge is 0.307 e. The lowest BCUT2D eigenvalue weighted by Crippen LogP contribution is -2.41. The Morgan fingerprint density at radius 2 is 1.96 bits per heavy atom. The molecule has 1 fully saturated rings. The Hall–Kier alpha value is -2.55. The van der Waals surface area contributed by atoms with Crippen LogP contribution >= 0.6 is 0 Å². The minimum atomic E-state index is -0.948. The van der Waals surface area contributed by atoms with Crippen LogP contribution in [0.1, 0.15) is 37.3 Å². The molecule has 0 bridgehead atoms. The molecule has 1 aromatic carbocycles. The summed E-state index contributed by atoms with van der Waals surface area (Å²) in [6.07, 6.45) is 2.68. The van der Waals surface area contributed by atoms with Crippen molar-refractivity contribution >= 4 is 11.9 Å². The van der Waals surface area contributed by atoms with Crippen molar-refractivity contribution in [2.24, 2.45) is 11.8 Å². The maximum Gasteiger partial charge on any atom is 0.307 e. The largest absolute Gasteiger partial charge is 0.496 e. The number of carboxylic acid groups (broad SMARTS) is 1. The molecule has 0 aromatic heterocycles. The fourth-order valence-electron chi connectivity index (χ4n) is 3.07. The van der Waals surface area contributed by atoms with Crippen molar-refractivity contribution in [3.05, 3.63) is 29.8 Å². The highest BCUT2D eigenvalue weighted by atomic mass is 16.5. The van der Waals surface area contributed by atoms with E-state index in [4.69, 9.17) is 4.74 Å². The van der Waals surface area contributed by atoms with E-state index in [-0.39, 0.29) is 5.91 Å². The van der Waals surface area contributed by atoms with Crippen LogP contribution in [0.3, 0.4) is 0 Å². The molecule has 1 unspecified atom stereocenters. The number of hydrogen-bond acceptors (Lipinski definition) is 4. The third-order valence-electron chi connectivity index (χ3n) is 4.29. The van der Waals surface area contributed by atoms with Crippen LogP contribution in [-0.2, 0) is 9.59 Å². The number of rotatable bonds is 5. The van der Waals surface area contributed by atoms with Crippen LogP contribution in [-0.4, -0.2) is 24.1 Å². The molecule has 0 radical (unpaired) electrons. The van der Waals surface area contributed by atoms with Crippen LogP contribution in [0, 0.1) is 23.2 Å². The molecule has 3 atom stereocenters. The molecule has 0 spiro atoms. The summed E-state index contributed by atoms with van der Waals surface area (Å²) in [4.78, 5) is 23.8. The molecular weight excluding hydrogens is 296 g/mol. The molecular formula is C17H20N2O4. The first-order valence-electron chi connectivity index (χ1n) is 7.64. The summed E-state index contributed by atoms with van der Waals surface area (Å²) in [5.74, 6) is -2.09. The molecule has 1 saturated carbocycles. The second kappa shape index (κ2) is 7.63. The number of carbonyl (C=O) groups excluding carboxylic acids is 1. The lowest BCUT2D eigenvalue weighted by atomic mass is 9.78. The van der Waals surface area contributed by atoms with Crippen molar-refractivity contribution < 1.29 is 19.4 Å². The number of carboxylic acids is 1. The van der Waals surface area contributed by atoms with Gasteiger partial charge in [0.25, 0.3) is 0 Å². The number of carbonyl (C=O) groups is 2. The van der Waals surface area contributed by atoms with E-state index in [0.717, 1.165) is 12.8 Å². The van der Waals surface area contributed by atoms with Crippen molar-refractivity contribution in [2.45, 2.75) is 31.7 Å². The Bertz CT molecular complexity index is 623. The van der Waals surface area contributed by atoms with Crippen LogP contribution in [0.25, 0.3) is 0 Å². The lowest BCUT2D eigenvalue weighted by Gasteiger charge is -2.28. The van der Waals surface area contributed by atoms with Gasteiger partial charge >= 0.3 is 5.97 Å². The van der Waals surface area contributed by atoms with E-state index in [0.29, 0.717) is 24.2 Å². The molecule has 0 aliphatic heterocycles. The second-order valence-corrected chi connectivity index (χ2v) is 5.65. The van der Waals surface area contributed by atoms with Crippen LogP contribution < -0.4 is 10.1 Å². The molecule has 1 aromatic rings. The first kappa shape index (κ1) is 16.8. The number of nitrogens with one attached hydrogen (secondary N) is 1. The number of amides is 1. The van der Waals surface area contributed by atoms with Crippen molar-refractivity contribution in [3.8, 4) is 11.8 Å². The standard InChI is InChI=1S/C17H20N2O4/c1-23-15-9-5-4-8-13(15)14(10-18)19-16(20)11-6-2-3-7-12(11)17(21)22/h4-5,8-9,11-12,14H,2-3,6-7H2,1H3,(H,19,20)(H,21,22)/t11-,12-,14?/m1/s1. The zero-order valence-electron chi connectivity index (χ0n) is 13.0. The second-order valence-electron chi connectivity index (χ2n) is 5.65. The first-order valence-corrected chi connectivity index (χ1v) is 7.64. The first-order chi connectivity index (χ1) is 11.1. The highest BCUT2D eigenvalue weighted by Gasteiger charge is 2.36. The maximum absolute atomic E-state index is 12.5. The summed E-state index contributed by atoms with van der Waals surface area (Å²) in [5, 5.41) is 21.3. The third-order valence-corrected chi connectivity index (χ3v) is 4.29. The Labute approximate surface area is 135 Å². The van der Waals surface area contributed by atoms with Gasteiger partial charge in [-0.05, 0) is 18.9 Å². The van der Waals surface area contributed by atoms with Gasteiger partial charge in [-0.15, -0.1) is 0 Å². The van der Waals surface area contributed by atoms with Crippen molar-refractivity contribution in [2.75, 3.05) is 7.11 Å². The van der Waals surface area contributed by atoms with Gasteiger partial charge < -0.3 is 15.2 Å². The van der Waals surface area contributed by atoms with E-state index in [2.05, 4.69) is 5.32 Å². The highest BCUT2D eigenvalue weighted by Crippen LogP contribution is 2.32. The summed E-state index contributed by atoms with van der Waals surface area (Å²) in [6, 6.07) is 8.14. The van der Waals surface area contributed by atoms with E-state index < -0.39 is 23.8 Å². The predicted octanol–water partition coefficient (Wildman–Crippen LogP) is 2.27. The summed E-state index contributed by atoms with van der Waals surface area (Å²) in [6.45, 7) is 0. The van der Waals surface area contributed by atoms with Gasteiger partial charge in [0.2, 0.25) is 5.91 Å². The minimum absolute atomic E-state index is 0.380. The number of aliphatic carboxylic acids is 1. The summed E-state index contributed by atoms with van der Waals surface area (Å²) in [5.41, 5.74) is 0.563. The van der Waals surface area contributed by atoms with Crippen molar-refractivity contribution in [3.63, 3.8) is 0 Å². The number of hydrogen-bond donors (Lipinski definition) is 2. The molecule has 2 rings (SSSR count). The average molecular weight is 316 g/mol. The van der Waals surface area contributed by atoms with Gasteiger partial charge in [0, 0.05) is 5.56 Å². The number of ether oxygens (including phenoxy) is 1. The van der Waals surface area contributed by atoms with Gasteiger partial charge in [-0.25, -0.2) is 0 Å². The van der Waals surface area contributed by atoms with Gasteiger partial charge in [-0.2, -0.15) is 5.26 Å². The average Bonchev–Trinajstić information content (AvgIpc) is 2.59. The zero-order valence-corrected chi connectivity index (χ0v) is 13.0. The molecule has 0 heterocycles. The topological polar surface area (TPSA) is 99.4 Å². The number of para-hydroxylation sites is 1. The quantitative estimate of drug-likeness (QED) is 0.868. The van der Waals surface area contributed by atoms with E-state index in [1.807, 2.05) is 6.07 Å². The molecule has 2 N–H and O–H groups in total. The maximum atomic E-state index is 12.5. The fraction of sp³-hybridized carbons (Fsp3) is 0.471. The summed E-state index contributed by atoms with van der Waals surface area (Å²) >= 11 is 0. The van der Waals surface area contributed by atoms with Gasteiger partial charge in [-0.1, -0.05) is 31.0 Å². The SMILES string of the molecule is COc1ccccc1C(C#N)NC(=O)[C@@H]1CCCC[C@H]1C(=O)O. The van der Waals surface area contributed by atoms with E-state index >= 15 is 0 Å². The Kier molecular flexibility index (Phi) is 5.58. The summed E-state index contributed by atoms with van der Waals surface area (Å²) < 4.78 is 5.22. The Balaban J connectivity index is 2.16. The summed E-state index contributed by atoms with van der Waals surface area (Å²) in [7, 11) is 1.50. The molecule has 0 saturated heterocycles. The van der Waals surface area contributed by atoms with Gasteiger partial charge in [0.05, 0.1) is 25.0 Å². The van der Waals surface area contributed by atoms with Gasteiger partial charge in [-0.3, -0.25) is 9.59 Å². The Morgan fingerprint density at radius 1 is 1.30 bits per heavy atom. The van der Waals surface area contributed by atoms with Gasteiger partial charge in [0.1, 0.15) is 11.8 Å². The lowest BCUT2D eigenvalue weighted by molar-refractivity contribution is -0.149. The van der Waals surface area contributed by atoms with Crippen LogP contribution in [0.4, 0.5) is 0 Å². The fourth-order valence-corrected chi connectivity index (χ4v) is 3.07. The van der Waals surface area contributed by atoms with Crippen LogP contribution in [0.15, 0.2) is 24.3 Å². The predicted molar refractivity (Wildman–Crippen MR) is 82.6 cm³/mol.